The number of nitrogens with zero attached hydrogens (tertiary/aromatic N) is 1. The number of carbonyl (C=O) groups is 1. The summed E-state index contributed by atoms with van der Waals surface area (Å²) in [5, 5.41) is 2.04. The molecule has 0 unspecified atom stereocenters. The van der Waals surface area contributed by atoms with Crippen LogP contribution in [0.4, 0.5) is 0 Å². The second kappa shape index (κ2) is 4.61. The average Bonchev–Trinajstić information content (AvgIpc) is 2.29. The van der Waals surface area contributed by atoms with Crippen molar-refractivity contribution in [3.8, 4) is 0 Å². The summed E-state index contributed by atoms with van der Waals surface area (Å²) in [6.45, 7) is 0. The highest BCUT2D eigenvalue weighted by molar-refractivity contribution is 9.10. The van der Waals surface area contributed by atoms with E-state index < -0.39 is 0 Å². The summed E-state index contributed by atoms with van der Waals surface area (Å²) >= 11 is 3.41. The second-order valence-corrected chi connectivity index (χ2v) is 4.29. The van der Waals surface area contributed by atoms with Crippen molar-refractivity contribution in [2.75, 3.05) is 7.11 Å². The number of aromatic nitrogens is 1. The maximum absolute atomic E-state index is 11.2. The van der Waals surface area contributed by atoms with Crippen LogP contribution in [0.2, 0.25) is 0 Å². The Hall–Kier alpha value is -1.42. The minimum atomic E-state index is -0.278. The number of esters is 1. The maximum Gasteiger partial charge on any atom is 0.311 e. The summed E-state index contributed by atoms with van der Waals surface area (Å²) in [6, 6.07) is 7.83. The number of pyridine rings is 1. The van der Waals surface area contributed by atoms with Gasteiger partial charge in [-0.3, -0.25) is 9.78 Å². The number of halogens is 1. The van der Waals surface area contributed by atoms with Crippen LogP contribution in [0.25, 0.3) is 10.8 Å². The summed E-state index contributed by atoms with van der Waals surface area (Å²) in [6.07, 6.45) is 1.90. The third-order valence-corrected chi connectivity index (χ3v) is 2.84. The molecule has 0 amide bonds. The summed E-state index contributed by atoms with van der Waals surface area (Å²) in [4.78, 5) is 15.5. The van der Waals surface area contributed by atoms with Gasteiger partial charge in [-0.15, -0.1) is 0 Å². The molecule has 4 heteroatoms. The lowest BCUT2D eigenvalue weighted by atomic mass is 10.1. The van der Waals surface area contributed by atoms with E-state index in [-0.39, 0.29) is 12.4 Å². The van der Waals surface area contributed by atoms with Gasteiger partial charge in [-0.05, 0) is 23.6 Å². The quantitative estimate of drug-likeness (QED) is 0.794. The molecular weight excluding hydrogens is 270 g/mol. The van der Waals surface area contributed by atoms with E-state index in [9.17, 15) is 4.79 Å². The van der Waals surface area contributed by atoms with Crippen LogP contribution >= 0.6 is 15.9 Å². The van der Waals surface area contributed by atoms with Crippen LogP contribution < -0.4 is 0 Å². The molecule has 16 heavy (non-hydrogen) atoms. The number of hydrogen-bond acceptors (Lipinski definition) is 3. The molecule has 82 valence electrons. The largest absolute Gasteiger partial charge is 0.469 e. The number of fused-ring (bicyclic) bond motifs is 1. The topological polar surface area (TPSA) is 39.2 Å². The molecule has 2 aromatic rings. The zero-order valence-electron chi connectivity index (χ0n) is 8.74. The third kappa shape index (κ3) is 2.22. The molecule has 0 spiro atoms. The molecule has 0 aliphatic heterocycles. The van der Waals surface area contributed by atoms with Gasteiger partial charge in [0.05, 0.1) is 19.2 Å². The molecule has 1 aromatic heterocycles. The Balaban J connectivity index is 2.52. The fourth-order valence-corrected chi connectivity index (χ4v) is 1.91. The van der Waals surface area contributed by atoms with E-state index in [2.05, 4.69) is 25.7 Å². The van der Waals surface area contributed by atoms with E-state index in [1.165, 1.54) is 7.11 Å². The van der Waals surface area contributed by atoms with Crippen LogP contribution in [0, 0.1) is 0 Å². The predicted octanol–water partition coefficient (Wildman–Crippen LogP) is 2.71. The van der Waals surface area contributed by atoms with Gasteiger partial charge in [0.2, 0.25) is 0 Å². The molecule has 0 radical (unpaired) electrons. The molecule has 2 rings (SSSR count). The van der Waals surface area contributed by atoms with Crippen LogP contribution in [0.3, 0.4) is 0 Å². The van der Waals surface area contributed by atoms with Crippen molar-refractivity contribution in [3.63, 3.8) is 0 Å². The molecule has 0 bridgehead atoms. The highest BCUT2D eigenvalue weighted by Crippen LogP contribution is 2.22. The van der Waals surface area contributed by atoms with Crippen LogP contribution in [0.15, 0.2) is 34.9 Å². The lowest BCUT2D eigenvalue weighted by Crippen LogP contribution is -2.06. The van der Waals surface area contributed by atoms with Gasteiger partial charge in [0.25, 0.3) is 0 Å². The molecule has 1 heterocycles. The zero-order valence-corrected chi connectivity index (χ0v) is 10.3. The fourth-order valence-electron chi connectivity index (χ4n) is 1.55. The van der Waals surface area contributed by atoms with E-state index in [4.69, 9.17) is 0 Å². The number of ether oxygens (including phenoxy) is 1. The summed E-state index contributed by atoms with van der Waals surface area (Å²) in [5.74, 6) is -0.278. The zero-order chi connectivity index (χ0) is 11.5. The first-order valence-electron chi connectivity index (χ1n) is 4.80. The van der Waals surface area contributed by atoms with Gasteiger partial charge in [0.1, 0.15) is 0 Å². The monoisotopic (exact) mass is 279 g/mol. The van der Waals surface area contributed by atoms with Gasteiger partial charge in [-0.25, -0.2) is 0 Å². The Morgan fingerprint density at radius 1 is 1.44 bits per heavy atom. The van der Waals surface area contributed by atoms with Crippen molar-refractivity contribution in [1.82, 2.24) is 4.98 Å². The van der Waals surface area contributed by atoms with Crippen LogP contribution in [0.5, 0.6) is 0 Å². The van der Waals surface area contributed by atoms with Gasteiger partial charge in [-0.1, -0.05) is 22.0 Å². The van der Waals surface area contributed by atoms with Gasteiger partial charge in [0.15, 0.2) is 0 Å². The third-order valence-electron chi connectivity index (χ3n) is 2.35. The van der Waals surface area contributed by atoms with E-state index >= 15 is 0 Å². The van der Waals surface area contributed by atoms with Gasteiger partial charge >= 0.3 is 5.97 Å². The molecule has 0 atom stereocenters. The number of rotatable bonds is 2. The summed E-state index contributed by atoms with van der Waals surface area (Å²) < 4.78 is 5.61. The Labute approximate surface area is 102 Å². The van der Waals surface area contributed by atoms with Gasteiger partial charge < -0.3 is 4.74 Å². The molecule has 0 aliphatic rings. The molecule has 3 nitrogen and oxygen atoms in total. The summed E-state index contributed by atoms with van der Waals surface area (Å²) in [7, 11) is 1.38. The average molecular weight is 280 g/mol. The maximum atomic E-state index is 11.2. The molecule has 0 saturated heterocycles. The molecule has 0 aliphatic carbocycles. The standard InChI is InChI=1S/C12H10BrNO2/c1-16-12(15)7-11-10-6-9(13)3-2-8(10)4-5-14-11/h2-6H,7H2,1H3. The van der Waals surface area contributed by atoms with E-state index in [0.717, 1.165) is 20.9 Å². The van der Waals surface area contributed by atoms with Crippen molar-refractivity contribution in [3.05, 3.63) is 40.6 Å². The first-order chi connectivity index (χ1) is 7.70. The number of hydrogen-bond donors (Lipinski definition) is 0. The molecule has 0 N–H and O–H groups in total. The fraction of sp³-hybridized carbons (Fsp3) is 0.167. The SMILES string of the molecule is COC(=O)Cc1nccc2ccc(Br)cc12. The van der Waals surface area contributed by atoms with E-state index in [1.807, 2.05) is 24.3 Å². The van der Waals surface area contributed by atoms with Crippen LogP contribution in [-0.4, -0.2) is 18.1 Å². The normalized spacial score (nSPS) is 10.4. The van der Waals surface area contributed by atoms with Crippen molar-refractivity contribution < 1.29 is 9.53 Å². The highest BCUT2D eigenvalue weighted by Gasteiger charge is 2.08. The minimum absolute atomic E-state index is 0.199. The second-order valence-electron chi connectivity index (χ2n) is 3.38. The highest BCUT2D eigenvalue weighted by atomic mass is 79.9. The lowest BCUT2D eigenvalue weighted by Gasteiger charge is -2.04. The Kier molecular flexibility index (Phi) is 3.19. The van der Waals surface area contributed by atoms with E-state index in [0.29, 0.717) is 0 Å². The smallest absolute Gasteiger partial charge is 0.311 e. The lowest BCUT2D eigenvalue weighted by molar-refractivity contribution is -0.139. The number of carbonyl (C=O) groups excluding carboxylic acids is 1. The Morgan fingerprint density at radius 3 is 3.00 bits per heavy atom. The Morgan fingerprint density at radius 2 is 2.25 bits per heavy atom. The molecule has 0 fully saturated rings. The molecular formula is C12H10BrNO2. The molecule has 0 saturated carbocycles. The van der Waals surface area contributed by atoms with Crippen LogP contribution in [-0.2, 0) is 16.0 Å². The van der Waals surface area contributed by atoms with E-state index in [1.54, 1.807) is 6.20 Å². The van der Waals surface area contributed by atoms with Crippen molar-refractivity contribution in [1.29, 1.82) is 0 Å². The number of methoxy groups -OCH3 is 1. The molecule has 1 aromatic carbocycles. The minimum Gasteiger partial charge on any atom is -0.469 e. The predicted molar refractivity (Wildman–Crippen MR) is 65.2 cm³/mol. The van der Waals surface area contributed by atoms with Crippen molar-refractivity contribution >= 4 is 32.7 Å². The van der Waals surface area contributed by atoms with Gasteiger partial charge in [0, 0.05) is 16.1 Å². The van der Waals surface area contributed by atoms with Crippen molar-refractivity contribution in [2.45, 2.75) is 6.42 Å². The summed E-state index contributed by atoms with van der Waals surface area (Å²) in [5.41, 5.74) is 0.741. The number of benzene rings is 1. The van der Waals surface area contributed by atoms with Gasteiger partial charge in [-0.2, -0.15) is 0 Å². The van der Waals surface area contributed by atoms with Crippen molar-refractivity contribution in [2.24, 2.45) is 0 Å². The first-order valence-corrected chi connectivity index (χ1v) is 5.60. The van der Waals surface area contributed by atoms with Crippen LogP contribution in [0.1, 0.15) is 5.69 Å². The first kappa shape index (κ1) is 11.1. The Bertz CT molecular complexity index is 540.